The molecule has 0 aliphatic carbocycles. The van der Waals surface area contributed by atoms with Gasteiger partial charge in [-0.05, 0) is 77.6 Å². The van der Waals surface area contributed by atoms with Gasteiger partial charge in [0.1, 0.15) is 13.2 Å². The van der Waals surface area contributed by atoms with Crippen molar-refractivity contribution >= 4 is 13.7 Å². The van der Waals surface area contributed by atoms with E-state index in [0.29, 0.717) is 17.4 Å². The van der Waals surface area contributed by atoms with Gasteiger partial charge in [0.25, 0.3) is 0 Å². The number of carbonyl (C=O) groups excluding carboxylic acids is 1. The Morgan fingerprint density at radius 3 is 1.64 bits per heavy atom. The molecule has 0 heterocycles. The zero-order chi connectivity index (χ0) is 41.4. The summed E-state index contributed by atoms with van der Waals surface area (Å²) in [5, 5.41) is 13.7. The third kappa shape index (κ3) is 39.9. The molecule has 0 saturated heterocycles. The van der Waals surface area contributed by atoms with E-state index < -0.39 is 20.0 Å². The molecule has 8 nitrogen and oxygen atoms in total. The van der Waals surface area contributed by atoms with E-state index in [4.69, 9.17) is 9.05 Å². The van der Waals surface area contributed by atoms with Gasteiger partial charge in [0.05, 0.1) is 39.9 Å². The van der Waals surface area contributed by atoms with Crippen LogP contribution in [-0.2, 0) is 18.4 Å². The predicted octanol–water partition coefficient (Wildman–Crippen LogP) is 12.2. The molecule has 1 amide bonds. The van der Waals surface area contributed by atoms with Crippen LogP contribution in [0.4, 0.5) is 0 Å². The number of hydrogen-bond acceptors (Lipinski definition) is 5. The van der Waals surface area contributed by atoms with Gasteiger partial charge in [-0.2, -0.15) is 0 Å². The minimum atomic E-state index is -4.35. The number of nitrogens with zero attached hydrogens (tertiary/aromatic N) is 1. The quantitative estimate of drug-likeness (QED) is 0.0248. The topological polar surface area (TPSA) is 105 Å². The summed E-state index contributed by atoms with van der Waals surface area (Å²) >= 11 is 0. The molecule has 0 aliphatic rings. The maximum atomic E-state index is 12.8. The lowest BCUT2D eigenvalue weighted by Gasteiger charge is -2.25. The molecule has 0 spiro atoms. The molecule has 56 heavy (non-hydrogen) atoms. The summed E-state index contributed by atoms with van der Waals surface area (Å²) in [6.07, 6.45) is 52.6. The maximum Gasteiger partial charge on any atom is 0.472 e. The first-order chi connectivity index (χ1) is 27.0. The SMILES string of the molecule is C/C=C/CC/C=C/CC/C=C/C(O)C(COP(=O)(O)OCC[N+](C)(C)C)NC(=O)CCCCCCCCCCCCCC/C=C\C/C=C\C/C=C\C/C=C\CC. The van der Waals surface area contributed by atoms with Gasteiger partial charge in [-0.3, -0.25) is 13.8 Å². The zero-order valence-electron chi connectivity index (χ0n) is 36.3. The van der Waals surface area contributed by atoms with Crippen LogP contribution in [0.1, 0.15) is 155 Å². The molecule has 322 valence electrons. The second kappa shape index (κ2) is 38.2. The average molecular weight is 804 g/mol. The average Bonchev–Trinajstić information content (AvgIpc) is 3.15. The first kappa shape index (κ1) is 53.7. The van der Waals surface area contributed by atoms with Crippen LogP contribution in [0.3, 0.4) is 0 Å². The molecule has 9 heteroatoms. The summed E-state index contributed by atoms with van der Waals surface area (Å²) in [6.45, 7) is 4.41. The first-order valence-corrected chi connectivity index (χ1v) is 23.4. The summed E-state index contributed by atoms with van der Waals surface area (Å²) in [4.78, 5) is 23.0. The fourth-order valence-corrected chi connectivity index (χ4v) is 6.45. The normalized spacial score (nSPS) is 15.2. The molecule has 3 unspecified atom stereocenters. The smallest absolute Gasteiger partial charge is 0.387 e. The molecular weight excluding hydrogens is 719 g/mol. The Kier molecular flexibility index (Phi) is 36.6. The van der Waals surface area contributed by atoms with E-state index in [1.165, 1.54) is 64.2 Å². The number of amides is 1. The van der Waals surface area contributed by atoms with Gasteiger partial charge >= 0.3 is 7.82 Å². The molecular formula is C47H84N2O6P+. The van der Waals surface area contributed by atoms with Gasteiger partial charge in [-0.25, -0.2) is 4.57 Å². The summed E-state index contributed by atoms with van der Waals surface area (Å²) in [6, 6.07) is -0.872. The van der Waals surface area contributed by atoms with Crippen molar-refractivity contribution in [2.45, 2.75) is 167 Å². The summed E-state index contributed by atoms with van der Waals surface area (Å²) in [7, 11) is 1.53. The lowest BCUT2D eigenvalue weighted by atomic mass is 10.0. The van der Waals surface area contributed by atoms with Crippen LogP contribution in [-0.4, -0.2) is 73.4 Å². The van der Waals surface area contributed by atoms with Gasteiger partial charge in [-0.15, -0.1) is 0 Å². The molecule has 0 aromatic heterocycles. The predicted molar refractivity (Wildman–Crippen MR) is 239 cm³/mol. The molecule has 0 aromatic rings. The number of likely N-dealkylation sites (N-methyl/N-ethyl adjacent to an activating group) is 1. The van der Waals surface area contributed by atoms with Crippen molar-refractivity contribution in [3.05, 3.63) is 85.1 Å². The fourth-order valence-electron chi connectivity index (χ4n) is 5.72. The number of phosphoric acid groups is 1. The number of aliphatic hydroxyl groups is 1. The van der Waals surface area contributed by atoms with Crippen LogP contribution in [0.2, 0.25) is 0 Å². The second-order valence-electron chi connectivity index (χ2n) is 15.7. The monoisotopic (exact) mass is 804 g/mol. The van der Waals surface area contributed by atoms with Gasteiger partial charge in [0, 0.05) is 6.42 Å². The Morgan fingerprint density at radius 1 is 0.643 bits per heavy atom. The molecule has 0 bridgehead atoms. The van der Waals surface area contributed by atoms with Crippen molar-refractivity contribution in [3.8, 4) is 0 Å². The van der Waals surface area contributed by atoms with E-state index in [0.717, 1.165) is 70.6 Å². The Morgan fingerprint density at radius 2 is 1.11 bits per heavy atom. The Bertz CT molecular complexity index is 1180. The Labute approximate surface area is 344 Å². The highest BCUT2D eigenvalue weighted by molar-refractivity contribution is 7.47. The largest absolute Gasteiger partial charge is 0.472 e. The van der Waals surface area contributed by atoms with Gasteiger partial charge in [-0.1, -0.05) is 156 Å². The molecule has 0 radical (unpaired) electrons. The number of quaternary nitrogens is 1. The van der Waals surface area contributed by atoms with Gasteiger partial charge in [0.15, 0.2) is 0 Å². The van der Waals surface area contributed by atoms with Crippen LogP contribution < -0.4 is 5.32 Å². The molecule has 3 atom stereocenters. The van der Waals surface area contributed by atoms with E-state index in [2.05, 4.69) is 79.1 Å². The molecule has 0 aromatic carbocycles. The van der Waals surface area contributed by atoms with Crippen LogP contribution >= 0.6 is 7.82 Å². The third-order valence-corrected chi connectivity index (χ3v) is 10.2. The lowest BCUT2D eigenvalue weighted by Crippen LogP contribution is -2.45. The van der Waals surface area contributed by atoms with E-state index in [-0.39, 0.29) is 19.1 Å². The van der Waals surface area contributed by atoms with Crippen LogP contribution in [0, 0.1) is 0 Å². The summed E-state index contributed by atoms with van der Waals surface area (Å²) in [5.74, 6) is -0.202. The van der Waals surface area contributed by atoms with Crippen molar-refractivity contribution in [2.75, 3.05) is 40.9 Å². The first-order valence-electron chi connectivity index (χ1n) is 21.9. The molecule has 0 rings (SSSR count). The number of aliphatic hydroxyl groups excluding tert-OH is 1. The molecule has 0 saturated carbocycles. The zero-order valence-corrected chi connectivity index (χ0v) is 37.2. The summed E-state index contributed by atoms with van der Waals surface area (Å²) < 4.78 is 23.4. The minimum absolute atomic E-state index is 0.0488. The molecule has 3 N–H and O–H groups in total. The molecule has 0 fully saturated rings. The van der Waals surface area contributed by atoms with E-state index in [1.54, 1.807) is 6.08 Å². The minimum Gasteiger partial charge on any atom is -0.387 e. The van der Waals surface area contributed by atoms with Gasteiger partial charge in [0.2, 0.25) is 5.91 Å². The highest BCUT2D eigenvalue weighted by Crippen LogP contribution is 2.43. The lowest BCUT2D eigenvalue weighted by molar-refractivity contribution is -0.870. The number of carbonyl (C=O) groups is 1. The molecule has 0 aliphatic heterocycles. The number of nitrogens with one attached hydrogen (secondary N) is 1. The second-order valence-corrected chi connectivity index (χ2v) is 17.1. The number of phosphoric ester groups is 1. The van der Waals surface area contributed by atoms with Gasteiger partial charge < -0.3 is 19.8 Å². The number of unbranched alkanes of at least 4 members (excludes halogenated alkanes) is 14. The highest BCUT2D eigenvalue weighted by atomic mass is 31.2. The van der Waals surface area contributed by atoms with Crippen molar-refractivity contribution in [1.29, 1.82) is 0 Å². The van der Waals surface area contributed by atoms with Crippen LogP contribution in [0.15, 0.2) is 85.1 Å². The van der Waals surface area contributed by atoms with Crippen molar-refractivity contribution in [1.82, 2.24) is 5.32 Å². The Hall–Kier alpha value is -2.32. The third-order valence-electron chi connectivity index (χ3n) is 9.17. The van der Waals surface area contributed by atoms with Crippen LogP contribution in [0.5, 0.6) is 0 Å². The van der Waals surface area contributed by atoms with E-state index >= 15 is 0 Å². The Balaban J connectivity index is 4.23. The number of rotatable bonds is 38. The maximum absolute atomic E-state index is 12.8. The van der Waals surface area contributed by atoms with E-state index in [1.807, 2.05) is 40.2 Å². The van der Waals surface area contributed by atoms with Crippen molar-refractivity contribution in [3.63, 3.8) is 0 Å². The van der Waals surface area contributed by atoms with Crippen molar-refractivity contribution in [2.24, 2.45) is 0 Å². The highest BCUT2D eigenvalue weighted by Gasteiger charge is 2.27. The van der Waals surface area contributed by atoms with E-state index in [9.17, 15) is 19.4 Å². The fraction of sp³-hybridized carbons (Fsp3) is 0.681. The van der Waals surface area contributed by atoms with Crippen molar-refractivity contribution < 1.29 is 32.9 Å². The van der Waals surface area contributed by atoms with Crippen LogP contribution in [0.25, 0.3) is 0 Å². The standard InChI is InChI=1S/C47H83N2O6P/c1-6-8-10-12-14-16-17-18-19-20-21-22-23-24-25-26-27-28-29-30-31-33-35-37-39-41-47(51)48-45(44-55-56(52,53)54-43-42-49(3,4)5)46(50)40-38-36-34-32-15-13-11-9-7-2/h7-10,14-16,18-19,21-22,32,38,40,45-46,50H,6,11-13,17,20,23-31,33-37,39,41-44H2,1-5H3,(H-,48,51,52,53)/p+1/b9-7+,10-8-,16-14-,19-18-,22-21-,32-15+,40-38+. The summed E-state index contributed by atoms with van der Waals surface area (Å²) in [5.41, 5.74) is 0. The number of allylic oxidation sites excluding steroid dienone is 13. The number of hydrogen-bond donors (Lipinski definition) is 3.